The smallest absolute Gasteiger partial charge is 0.223 e. The Balaban J connectivity index is 1.83. The zero-order valence-corrected chi connectivity index (χ0v) is 16.4. The molecule has 2 heterocycles. The van der Waals surface area contributed by atoms with E-state index in [4.69, 9.17) is 9.26 Å². The molecule has 5 nitrogen and oxygen atoms in total. The van der Waals surface area contributed by atoms with E-state index in [-0.39, 0.29) is 0 Å². The monoisotopic (exact) mass is 451 g/mol. The number of nitrogens with zero attached hydrogens (tertiary/aromatic N) is 3. The lowest BCUT2D eigenvalue weighted by atomic mass is 10.1. The Morgan fingerprint density at radius 2 is 1.88 bits per heavy atom. The van der Waals surface area contributed by atoms with Crippen LogP contribution in [0.2, 0.25) is 0 Å². The molecule has 0 aliphatic carbocycles. The molecule has 0 aliphatic heterocycles. The third kappa shape index (κ3) is 3.67. The number of halogens is 2. The number of hydrogen-bond acceptors (Lipinski definition) is 5. The van der Waals surface area contributed by atoms with Crippen molar-refractivity contribution in [2.45, 2.75) is 19.8 Å². The summed E-state index contributed by atoms with van der Waals surface area (Å²) in [5, 5.41) is 4.00. The summed E-state index contributed by atoms with van der Waals surface area (Å²) < 4.78 is 12.0. The standard InChI is InChI=1S/C17H15Br2N3O2/c1-10-21-17(22-24-10)15-13(18)9-20-14(16(15)19)8-5-11-3-6-12(23-2)7-4-11/h3-4,6-7,9H,5,8H2,1-2H3. The largest absolute Gasteiger partial charge is 0.497 e. The van der Waals surface area contributed by atoms with E-state index in [9.17, 15) is 0 Å². The Hall–Kier alpha value is -1.73. The van der Waals surface area contributed by atoms with Gasteiger partial charge in [-0.1, -0.05) is 17.3 Å². The summed E-state index contributed by atoms with van der Waals surface area (Å²) >= 11 is 7.15. The van der Waals surface area contributed by atoms with Crippen LogP contribution in [0, 0.1) is 6.92 Å². The number of methoxy groups -OCH3 is 1. The quantitative estimate of drug-likeness (QED) is 0.558. The van der Waals surface area contributed by atoms with Crippen molar-refractivity contribution >= 4 is 31.9 Å². The van der Waals surface area contributed by atoms with Gasteiger partial charge in [0.2, 0.25) is 11.7 Å². The van der Waals surface area contributed by atoms with Gasteiger partial charge in [0.25, 0.3) is 0 Å². The van der Waals surface area contributed by atoms with Crippen molar-refractivity contribution in [3.05, 3.63) is 56.6 Å². The van der Waals surface area contributed by atoms with E-state index in [1.807, 2.05) is 12.1 Å². The fourth-order valence-electron chi connectivity index (χ4n) is 2.34. The first kappa shape index (κ1) is 17.1. The second-order valence-corrected chi connectivity index (χ2v) is 6.87. The van der Waals surface area contributed by atoms with Gasteiger partial charge in [-0.3, -0.25) is 4.98 Å². The second-order valence-electron chi connectivity index (χ2n) is 5.23. The molecular formula is C17H15Br2N3O2. The van der Waals surface area contributed by atoms with Crippen LogP contribution in [0.5, 0.6) is 5.75 Å². The zero-order chi connectivity index (χ0) is 17.1. The fourth-order valence-corrected chi connectivity index (χ4v) is 3.78. The highest BCUT2D eigenvalue weighted by Crippen LogP contribution is 2.35. The summed E-state index contributed by atoms with van der Waals surface area (Å²) in [5.74, 6) is 1.93. The van der Waals surface area contributed by atoms with Crippen molar-refractivity contribution in [1.29, 1.82) is 0 Å². The average molecular weight is 453 g/mol. The Morgan fingerprint density at radius 1 is 1.12 bits per heavy atom. The van der Waals surface area contributed by atoms with Gasteiger partial charge in [-0.2, -0.15) is 4.98 Å². The molecule has 3 rings (SSSR count). The van der Waals surface area contributed by atoms with Crippen molar-refractivity contribution in [2.24, 2.45) is 0 Å². The van der Waals surface area contributed by atoms with Gasteiger partial charge in [-0.05, 0) is 62.4 Å². The van der Waals surface area contributed by atoms with Crippen molar-refractivity contribution in [1.82, 2.24) is 15.1 Å². The molecule has 0 saturated carbocycles. The average Bonchev–Trinajstić information content (AvgIpc) is 3.01. The van der Waals surface area contributed by atoms with Crippen LogP contribution in [0.25, 0.3) is 11.4 Å². The molecule has 3 aromatic rings. The van der Waals surface area contributed by atoms with Crippen LogP contribution < -0.4 is 4.74 Å². The Bertz CT molecular complexity index is 848. The molecule has 1 aromatic carbocycles. The molecule has 2 aromatic heterocycles. The SMILES string of the molecule is COc1ccc(CCc2ncc(Br)c(-c3noc(C)n3)c2Br)cc1. The molecular weight excluding hydrogens is 438 g/mol. The van der Waals surface area contributed by atoms with E-state index < -0.39 is 0 Å². The van der Waals surface area contributed by atoms with E-state index in [0.29, 0.717) is 11.7 Å². The van der Waals surface area contributed by atoms with E-state index in [2.05, 4.69) is 59.1 Å². The van der Waals surface area contributed by atoms with Crippen LogP contribution in [-0.2, 0) is 12.8 Å². The number of hydrogen-bond donors (Lipinski definition) is 0. The van der Waals surface area contributed by atoms with E-state index >= 15 is 0 Å². The van der Waals surface area contributed by atoms with Crippen molar-refractivity contribution in [3.8, 4) is 17.1 Å². The summed E-state index contributed by atoms with van der Waals surface area (Å²) in [4.78, 5) is 8.82. The molecule has 0 N–H and O–H groups in total. The van der Waals surface area contributed by atoms with E-state index in [1.54, 1.807) is 20.2 Å². The van der Waals surface area contributed by atoms with Crippen LogP contribution in [0.3, 0.4) is 0 Å². The van der Waals surface area contributed by atoms with Crippen LogP contribution in [0.15, 0.2) is 43.9 Å². The highest BCUT2D eigenvalue weighted by atomic mass is 79.9. The molecule has 0 fully saturated rings. The summed E-state index contributed by atoms with van der Waals surface area (Å²) in [6.45, 7) is 1.77. The van der Waals surface area contributed by atoms with E-state index in [0.717, 1.165) is 38.8 Å². The molecule has 0 aliphatic rings. The minimum absolute atomic E-state index is 0.528. The number of pyridine rings is 1. The fraction of sp³-hybridized carbons (Fsp3) is 0.235. The van der Waals surface area contributed by atoms with E-state index in [1.165, 1.54) is 5.56 Å². The number of benzene rings is 1. The van der Waals surface area contributed by atoms with Gasteiger partial charge in [-0.15, -0.1) is 0 Å². The van der Waals surface area contributed by atoms with Gasteiger partial charge < -0.3 is 9.26 Å². The molecule has 0 atom stereocenters. The molecule has 0 amide bonds. The third-order valence-corrected chi connectivity index (χ3v) is 5.06. The Labute approximate surface area is 156 Å². The summed E-state index contributed by atoms with van der Waals surface area (Å²) in [6.07, 6.45) is 3.45. The zero-order valence-electron chi connectivity index (χ0n) is 13.2. The first-order valence-electron chi connectivity index (χ1n) is 7.35. The summed E-state index contributed by atoms with van der Waals surface area (Å²) in [7, 11) is 1.67. The predicted molar refractivity (Wildman–Crippen MR) is 98.1 cm³/mol. The molecule has 124 valence electrons. The van der Waals surface area contributed by atoms with Crippen molar-refractivity contribution in [2.75, 3.05) is 7.11 Å². The van der Waals surface area contributed by atoms with Gasteiger partial charge in [0.1, 0.15) is 5.75 Å². The first-order valence-corrected chi connectivity index (χ1v) is 8.93. The molecule has 0 spiro atoms. The Morgan fingerprint density at radius 3 is 2.50 bits per heavy atom. The van der Waals surface area contributed by atoms with Gasteiger partial charge >= 0.3 is 0 Å². The Kier molecular flexibility index (Phi) is 5.30. The lowest BCUT2D eigenvalue weighted by molar-refractivity contribution is 0.394. The number of aromatic nitrogens is 3. The summed E-state index contributed by atoms with van der Waals surface area (Å²) in [5.41, 5.74) is 3.03. The number of ether oxygens (including phenoxy) is 1. The topological polar surface area (TPSA) is 61.0 Å². The van der Waals surface area contributed by atoms with Gasteiger partial charge in [-0.25, -0.2) is 0 Å². The minimum atomic E-state index is 0.528. The molecule has 0 bridgehead atoms. The van der Waals surface area contributed by atoms with Crippen LogP contribution >= 0.6 is 31.9 Å². The highest BCUT2D eigenvalue weighted by molar-refractivity contribution is 9.11. The minimum Gasteiger partial charge on any atom is -0.497 e. The van der Waals surface area contributed by atoms with Crippen molar-refractivity contribution < 1.29 is 9.26 Å². The van der Waals surface area contributed by atoms with Gasteiger partial charge in [0.15, 0.2) is 0 Å². The van der Waals surface area contributed by atoms with Gasteiger partial charge in [0.05, 0.1) is 22.8 Å². The third-order valence-electron chi connectivity index (χ3n) is 3.61. The molecule has 7 heteroatoms. The molecule has 0 unspecified atom stereocenters. The van der Waals surface area contributed by atoms with Gasteiger partial charge in [0, 0.05) is 17.6 Å². The maximum Gasteiger partial charge on any atom is 0.223 e. The van der Waals surface area contributed by atoms with Crippen molar-refractivity contribution in [3.63, 3.8) is 0 Å². The maximum atomic E-state index is 5.18. The lowest BCUT2D eigenvalue weighted by Gasteiger charge is -2.09. The molecule has 24 heavy (non-hydrogen) atoms. The van der Waals surface area contributed by atoms with Crippen LogP contribution in [-0.4, -0.2) is 22.2 Å². The lowest BCUT2D eigenvalue weighted by Crippen LogP contribution is -1.99. The number of aryl methyl sites for hydroxylation is 3. The predicted octanol–water partition coefficient (Wildman–Crippen LogP) is 4.76. The second kappa shape index (κ2) is 7.44. The normalized spacial score (nSPS) is 10.8. The highest BCUT2D eigenvalue weighted by Gasteiger charge is 2.17. The molecule has 0 radical (unpaired) electrons. The summed E-state index contributed by atoms with van der Waals surface area (Å²) in [6, 6.07) is 8.06. The maximum absolute atomic E-state index is 5.18. The molecule has 0 saturated heterocycles. The van der Waals surface area contributed by atoms with Crippen LogP contribution in [0.4, 0.5) is 0 Å². The number of rotatable bonds is 5. The van der Waals surface area contributed by atoms with Crippen LogP contribution in [0.1, 0.15) is 17.1 Å². The first-order chi connectivity index (χ1) is 11.6.